The number of likely N-dealkylation sites (tertiary alicyclic amines) is 1. The first-order valence-electron chi connectivity index (χ1n) is 6.89. The van der Waals surface area contributed by atoms with Gasteiger partial charge in [0.15, 0.2) is 0 Å². The van der Waals surface area contributed by atoms with Crippen molar-refractivity contribution in [1.29, 1.82) is 0 Å². The molecule has 1 aromatic carbocycles. The summed E-state index contributed by atoms with van der Waals surface area (Å²) in [6.45, 7) is -0.212. The summed E-state index contributed by atoms with van der Waals surface area (Å²) in [4.78, 5) is 37.0. The molecule has 110 valence electrons. The molecule has 1 aliphatic carbocycles. The van der Waals surface area contributed by atoms with Gasteiger partial charge in [-0.25, -0.2) is 0 Å². The van der Waals surface area contributed by atoms with Crippen LogP contribution in [-0.2, 0) is 14.4 Å². The summed E-state index contributed by atoms with van der Waals surface area (Å²) in [7, 11) is 1.56. The molecule has 2 aliphatic rings. The van der Waals surface area contributed by atoms with Crippen LogP contribution in [0.5, 0.6) is 5.75 Å². The fourth-order valence-corrected chi connectivity index (χ4v) is 2.77. The van der Waals surface area contributed by atoms with Gasteiger partial charge in [0, 0.05) is 5.69 Å². The van der Waals surface area contributed by atoms with Crippen LogP contribution < -0.4 is 10.1 Å². The Balaban J connectivity index is 1.61. The van der Waals surface area contributed by atoms with Gasteiger partial charge in [-0.1, -0.05) is 0 Å². The Labute approximate surface area is 122 Å². The maximum atomic E-state index is 12.0. The average molecular weight is 288 g/mol. The van der Waals surface area contributed by atoms with Crippen molar-refractivity contribution >= 4 is 23.4 Å². The molecular weight excluding hydrogens is 272 g/mol. The number of benzene rings is 1. The van der Waals surface area contributed by atoms with E-state index < -0.39 is 0 Å². The number of anilines is 1. The van der Waals surface area contributed by atoms with Gasteiger partial charge < -0.3 is 10.1 Å². The lowest BCUT2D eigenvalue weighted by atomic mass is 9.76. The number of carbonyl (C=O) groups is 3. The number of ether oxygens (including phenoxy) is 1. The van der Waals surface area contributed by atoms with Crippen LogP contribution in [-0.4, -0.2) is 36.3 Å². The van der Waals surface area contributed by atoms with E-state index in [2.05, 4.69) is 5.32 Å². The van der Waals surface area contributed by atoms with Crippen molar-refractivity contribution in [1.82, 2.24) is 4.90 Å². The normalized spacial score (nSPS) is 23.6. The molecule has 0 bridgehead atoms. The number of methoxy groups -OCH3 is 1. The van der Waals surface area contributed by atoms with Crippen LogP contribution in [0.3, 0.4) is 0 Å². The third-order valence-electron chi connectivity index (χ3n) is 4.12. The zero-order valence-corrected chi connectivity index (χ0v) is 11.7. The maximum absolute atomic E-state index is 12.0. The molecular formula is C15H16N2O4. The molecule has 0 aromatic heterocycles. The molecule has 1 aromatic rings. The van der Waals surface area contributed by atoms with Gasteiger partial charge in [0.05, 0.1) is 18.9 Å². The molecule has 6 heteroatoms. The quantitative estimate of drug-likeness (QED) is 0.840. The van der Waals surface area contributed by atoms with Gasteiger partial charge in [-0.15, -0.1) is 0 Å². The molecule has 2 fully saturated rings. The first-order chi connectivity index (χ1) is 10.1. The number of nitrogens with zero attached hydrogens (tertiary/aromatic N) is 1. The molecule has 0 spiro atoms. The summed E-state index contributed by atoms with van der Waals surface area (Å²) in [5, 5.41) is 2.67. The fraction of sp³-hybridized carbons (Fsp3) is 0.400. The highest BCUT2D eigenvalue weighted by Crippen LogP contribution is 2.42. The molecule has 1 saturated heterocycles. The van der Waals surface area contributed by atoms with Crippen LogP contribution >= 0.6 is 0 Å². The highest BCUT2D eigenvalue weighted by atomic mass is 16.5. The van der Waals surface area contributed by atoms with Crippen LogP contribution in [0.1, 0.15) is 12.8 Å². The Kier molecular flexibility index (Phi) is 3.37. The molecule has 6 nitrogen and oxygen atoms in total. The maximum Gasteiger partial charge on any atom is 0.244 e. The van der Waals surface area contributed by atoms with E-state index >= 15 is 0 Å². The monoisotopic (exact) mass is 288 g/mol. The van der Waals surface area contributed by atoms with Gasteiger partial charge in [-0.3, -0.25) is 19.3 Å². The lowest BCUT2D eigenvalue weighted by Crippen LogP contribution is -2.37. The van der Waals surface area contributed by atoms with E-state index in [1.165, 1.54) is 0 Å². The summed E-state index contributed by atoms with van der Waals surface area (Å²) in [5.74, 6) is -0.475. The first-order valence-corrected chi connectivity index (χ1v) is 6.89. The van der Waals surface area contributed by atoms with Crippen LogP contribution in [0, 0.1) is 11.8 Å². The van der Waals surface area contributed by atoms with Crippen molar-refractivity contribution in [2.75, 3.05) is 19.0 Å². The van der Waals surface area contributed by atoms with E-state index in [1.807, 2.05) is 0 Å². The van der Waals surface area contributed by atoms with Gasteiger partial charge >= 0.3 is 0 Å². The number of nitrogens with one attached hydrogen (secondary N) is 1. The van der Waals surface area contributed by atoms with Gasteiger partial charge in [0.25, 0.3) is 0 Å². The van der Waals surface area contributed by atoms with Crippen molar-refractivity contribution in [3.8, 4) is 5.75 Å². The highest BCUT2D eigenvalue weighted by molar-refractivity contribution is 6.09. The standard InChI is InChI=1S/C15H16N2O4/c1-21-10-4-2-9(3-5-10)16-13(18)8-17-14(19)11-6-7-12(11)15(17)20/h2-5,11-12H,6-8H2,1H3,(H,16,18)/t11-,12+. The number of rotatable bonds is 4. The van der Waals surface area contributed by atoms with Crippen molar-refractivity contribution in [2.45, 2.75) is 12.8 Å². The van der Waals surface area contributed by atoms with E-state index in [0.29, 0.717) is 11.4 Å². The highest BCUT2D eigenvalue weighted by Gasteiger charge is 2.52. The fourth-order valence-electron chi connectivity index (χ4n) is 2.77. The molecule has 21 heavy (non-hydrogen) atoms. The Hall–Kier alpha value is -2.37. The van der Waals surface area contributed by atoms with Crippen molar-refractivity contribution in [2.24, 2.45) is 11.8 Å². The van der Waals surface area contributed by atoms with Crippen molar-refractivity contribution in [3.63, 3.8) is 0 Å². The zero-order chi connectivity index (χ0) is 15.0. The zero-order valence-electron chi connectivity index (χ0n) is 11.7. The average Bonchev–Trinajstić information content (AvgIpc) is 2.58. The lowest BCUT2D eigenvalue weighted by molar-refractivity contribution is -0.142. The third kappa shape index (κ3) is 2.37. The summed E-state index contributed by atoms with van der Waals surface area (Å²) in [6, 6.07) is 6.85. The van der Waals surface area contributed by atoms with Gasteiger partial charge in [-0.05, 0) is 37.1 Å². The molecule has 1 heterocycles. The van der Waals surface area contributed by atoms with Gasteiger partial charge in [0.2, 0.25) is 17.7 Å². The number of carbonyl (C=O) groups excluding carboxylic acids is 3. The van der Waals surface area contributed by atoms with Gasteiger partial charge in [-0.2, -0.15) is 0 Å². The van der Waals surface area contributed by atoms with Crippen LogP contribution in [0.2, 0.25) is 0 Å². The second-order valence-corrected chi connectivity index (χ2v) is 5.33. The smallest absolute Gasteiger partial charge is 0.244 e. The molecule has 0 radical (unpaired) electrons. The molecule has 2 atom stereocenters. The first kappa shape index (κ1) is 13.6. The number of amides is 3. The topological polar surface area (TPSA) is 75.7 Å². The van der Waals surface area contributed by atoms with E-state index in [1.54, 1.807) is 31.4 Å². The van der Waals surface area contributed by atoms with E-state index in [9.17, 15) is 14.4 Å². The number of hydrogen-bond donors (Lipinski definition) is 1. The predicted octanol–water partition coefficient (Wildman–Crippen LogP) is 1.03. The minimum absolute atomic E-state index is 0.189. The SMILES string of the molecule is COc1ccc(NC(=O)CN2C(=O)[C@H]3CC[C@H]3C2=O)cc1. The minimum Gasteiger partial charge on any atom is -0.497 e. The summed E-state index contributed by atoms with van der Waals surface area (Å²) in [6.07, 6.45) is 1.51. The molecule has 1 saturated carbocycles. The van der Waals surface area contributed by atoms with Crippen LogP contribution in [0.15, 0.2) is 24.3 Å². The Morgan fingerprint density at radius 3 is 2.24 bits per heavy atom. The van der Waals surface area contributed by atoms with Crippen LogP contribution in [0.4, 0.5) is 5.69 Å². The summed E-state index contributed by atoms with van der Waals surface area (Å²) < 4.78 is 5.03. The van der Waals surface area contributed by atoms with Crippen molar-refractivity contribution < 1.29 is 19.1 Å². The second-order valence-electron chi connectivity index (χ2n) is 5.33. The van der Waals surface area contributed by atoms with Gasteiger partial charge in [0.1, 0.15) is 12.3 Å². The molecule has 0 unspecified atom stereocenters. The van der Waals surface area contributed by atoms with Crippen molar-refractivity contribution in [3.05, 3.63) is 24.3 Å². The number of fused-ring (bicyclic) bond motifs is 1. The molecule has 1 N–H and O–H groups in total. The largest absolute Gasteiger partial charge is 0.497 e. The molecule has 3 rings (SSSR count). The molecule has 3 amide bonds. The van der Waals surface area contributed by atoms with E-state index in [4.69, 9.17) is 4.74 Å². The summed E-state index contributed by atoms with van der Waals surface area (Å²) >= 11 is 0. The van der Waals surface area contributed by atoms with Crippen LogP contribution in [0.25, 0.3) is 0 Å². The summed E-state index contributed by atoms with van der Waals surface area (Å²) in [5.41, 5.74) is 0.600. The van der Waals surface area contributed by atoms with E-state index in [0.717, 1.165) is 17.7 Å². The Morgan fingerprint density at radius 1 is 1.19 bits per heavy atom. The Bertz CT molecular complexity index is 574. The number of imide groups is 1. The minimum atomic E-state index is -0.372. The third-order valence-corrected chi connectivity index (χ3v) is 4.12. The molecule has 1 aliphatic heterocycles. The Morgan fingerprint density at radius 2 is 1.76 bits per heavy atom. The lowest BCUT2D eigenvalue weighted by Gasteiger charge is -2.24. The second kappa shape index (κ2) is 5.20. The van der Waals surface area contributed by atoms with E-state index in [-0.39, 0.29) is 36.1 Å². The number of hydrogen-bond acceptors (Lipinski definition) is 4. The predicted molar refractivity (Wildman–Crippen MR) is 74.6 cm³/mol.